The summed E-state index contributed by atoms with van der Waals surface area (Å²) in [5.74, 6) is -2.74. The number of hydrogen-bond acceptors (Lipinski definition) is 5. The molecule has 1 aromatic carbocycles. The van der Waals surface area contributed by atoms with E-state index >= 15 is 4.39 Å². The molecule has 1 aliphatic heterocycles. The lowest BCUT2D eigenvalue weighted by atomic mass is 9.73. The lowest BCUT2D eigenvalue weighted by Crippen LogP contribution is -2.59. The predicted octanol–water partition coefficient (Wildman–Crippen LogP) is 3.08. The highest BCUT2D eigenvalue weighted by atomic mass is 19.1. The van der Waals surface area contributed by atoms with E-state index in [1.165, 1.54) is 13.3 Å². The molecular formula is C24H26F2N6O2. The number of pyridine rings is 1. The molecule has 1 saturated heterocycles. The van der Waals surface area contributed by atoms with Gasteiger partial charge >= 0.3 is 0 Å². The molecule has 0 radical (unpaired) electrons. The summed E-state index contributed by atoms with van der Waals surface area (Å²) in [7, 11) is 0. The van der Waals surface area contributed by atoms with Crippen molar-refractivity contribution in [1.29, 1.82) is 0 Å². The number of carbonyl (C=O) groups is 2. The number of benzene rings is 1. The fourth-order valence-electron chi connectivity index (χ4n) is 4.88. The molecule has 3 atom stereocenters. The van der Waals surface area contributed by atoms with Gasteiger partial charge in [-0.2, -0.15) is 9.49 Å². The summed E-state index contributed by atoms with van der Waals surface area (Å²) in [5.41, 5.74) is 5.86. The highest BCUT2D eigenvalue weighted by molar-refractivity contribution is 5.92. The molecule has 0 saturated carbocycles. The summed E-state index contributed by atoms with van der Waals surface area (Å²) < 4.78 is 29.8. The minimum absolute atomic E-state index is 0.115. The third kappa shape index (κ3) is 3.93. The number of amides is 2. The first-order valence-electron chi connectivity index (χ1n) is 11.0. The minimum atomic E-state index is -1.77. The molecule has 0 bridgehead atoms. The van der Waals surface area contributed by atoms with E-state index in [1.807, 2.05) is 13.8 Å². The maximum Gasteiger partial charge on any atom is 0.244 e. The van der Waals surface area contributed by atoms with Crippen molar-refractivity contribution in [3.8, 4) is 11.4 Å². The first-order valence-corrected chi connectivity index (χ1v) is 11.0. The Labute approximate surface area is 195 Å². The molecular weight excluding hydrogens is 442 g/mol. The van der Waals surface area contributed by atoms with Crippen molar-refractivity contribution in [3.63, 3.8) is 0 Å². The van der Waals surface area contributed by atoms with Crippen molar-refractivity contribution in [3.05, 3.63) is 65.5 Å². The number of alkyl halides is 1. The van der Waals surface area contributed by atoms with Crippen LogP contribution in [0.3, 0.4) is 0 Å². The summed E-state index contributed by atoms with van der Waals surface area (Å²) >= 11 is 0. The Bertz CT molecular complexity index is 1220. The highest BCUT2D eigenvalue weighted by Crippen LogP contribution is 2.46. The number of hydrogen-bond donors (Lipinski definition) is 2. The van der Waals surface area contributed by atoms with Gasteiger partial charge in [0.25, 0.3) is 0 Å². The molecule has 178 valence electrons. The molecule has 10 heteroatoms. The van der Waals surface area contributed by atoms with Crippen molar-refractivity contribution in [1.82, 2.24) is 25.1 Å². The van der Waals surface area contributed by atoms with Gasteiger partial charge in [0.1, 0.15) is 18.0 Å². The number of likely N-dealkylation sites (tertiary alicyclic amines) is 1. The number of nitrogens with zero attached hydrogens (tertiary/aromatic N) is 4. The molecule has 0 spiro atoms. The van der Waals surface area contributed by atoms with E-state index < -0.39 is 35.4 Å². The van der Waals surface area contributed by atoms with Crippen molar-refractivity contribution < 1.29 is 18.4 Å². The normalized spacial score (nSPS) is 21.1. The molecule has 1 fully saturated rings. The molecule has 8 nitrogen and oxygen atoms in total. The molecule has 3 aromatic rings. The van der Waals surface area contributed by atoms with Gasteiger partial charge in [0.2, 0.25) is 17.8 Å². The number of carbonyl (C=O) groups excluding carboxylic acids is 2. The standard InChI is InChI=1S/C24H26F2N6O2/c1-13(2)18-7-8-19(30-21(18)26)20(15-5-4-6-16(9-15)22-28-12-29-31-22)24(23(27)34)10-17(25)11-32(24)14(3)33/h4-9,12-13,17,20H,10-11H2,1-3H3,(H2,27,34)(H,28,29,31)/t17?,20-,24?/m1/s1. The summed E-state index contributed by atoms with van der Waals surface area (Å²) in [4.78, 5) is 35.1. The molecule has 34 heavy (non-hydrogen) atoms. The fraction of sp³-hybridized carbons (Fsp3) is 0.375. The van der Waals surface area contributed by atoms with Gasteiger partial charge in [-0.05, 0) is 23.6 Å². The molecule has 2 unspecified atom stereocenters. The summed E-state index contributed by atoms with van der Waals surface area (Å²) in [6.07, 6.45) is -0.446. The SMILES string of the molecule is CC(=O)N1CC(F)CC1(C(N)=O)[C@H](c1cccc(-c2ncn[nH]2)c1)c1ccc(C(C)C)c(F)n1. The quantitative estimate of drug-likeness (QED) is 0.539. The molecule has 3 N–H and O–H groups in total. The van der Waals surface area contributed by atoms with Crippen LogP contribution in [0.1, 0.15) is 55.8 Å². The average Bonchev–Trinajstić information content (AvgIpc) is 3.43. The zero-order chi connectivity index (χ0) is 24.6. The maximum absolute atomic E-state index is 15.0. The second-order valence-electron chi connectivity index (χ2n) is 8.88. The van der Waals surface area contributed by atoms with Gasteiger partial charge in [-0.3, -0.25) is 14.7 Å². The fourth-order valence-corrected chi connectivity index (χ4v) is 4.88. The first kappa shape index (κ1) is 23.5. The van der Waals surface area contributed by atoms with E-state index in [4.69, 9.17) is 5.73 Å². The number of aromatic nitrogens is 4. The van der Waals surface area contributed by atoms with E-state index in [9.17, 15) is 14.0 Å². The van der Waals surface area contributed by atoms with Crippen LogP contribution in [0.2, 0.25) is 0 Å². The topological polar surface area (TPSA) is 118 Å². The minimum Gasteiger partial charge on any atom is -0.368 e. The van der Waals surface area contributed by atoms with Gasteiger partial charge in [0, 0.05) is 24.5 Å². The molecule has 2 aromatic heterocycles. The van der Waals surface area contributed by atoms with Crippen molar-refractivity contribution >= 4 is 11.8 Å². The maximum atomic E-state index is 15.0. The van der Waals surface area contributed by atoms with Gasteiger partial charge in [-0.15, -0.1) is 0 Å². The third-order valence-corrected chi connectivity index (χ3v) is 6.40. The van der Waals surface area contributed by atoms with Crippen LogP contribution in [-0.4, -0.2) is 55.1 Å². The van der Waals surface area contributed by atoms with Gasteiger partial charge in [0.05, 0.1) is 18.2 Å². The predicted molar refractivity (Wildman–Crippen MR) is 121 cm³/mol. The monoisotopic (exact) mass is 468 g/mol. The Balaban J connectivity index is 1.98. The van der Waals surface area contributed by atoms with Crippen LogP contribution < -0.4 is 5.73 Å². The lowest BCUT2D eigenvalue weighted by molar-refractivity contribution is -0.143. The number of rotatable bonds is 6. The zero-order valence-corrected chi connectivity index (χ0v) is 19.1. The van der Waals surface area contributed by atoms with Crippen LogP contribution in [0.15, 0.2) is 42.7 Å². The Hall–Kier alpha value is -3.69. The second-order valence-corrected chi connectivity index (χ2v) is 8.88. The largest absolute Gasteiger partial charge is 0.368 e. The van der Waals surface area contributed by atoms with Crippen molar-refractivity contribution in [2.24, 2.45) is 5.73 Å². The average molecular weight is 469 g/mol. The number of nitrogens with one attached hydrogen (secondary N) is 1. The Morgan fingerprint density at radius 3 is 2.62 bits per heavy atom. The number of primary amides is 1. The zero-order valence-electron chi connectivity index (χ0n) is 19.1. The van der Waals surface area contributed by atoms with Crippen LogP contribution in [-0.2, 0) is 9.59 Å². The van der Waals surface area contributed by atoms with Crippen molar-refractivity contribution in [2.75, 3.05) is 6.54 Å². The van der Waals surface area contributed by atoms with E-state index in [-0.39, 0.29) is 24.6 Å². The summed E-state index contributed by atoms with van der Waals surface area (Å²) in [6.45, 7) is 4.65. The van der Waals surface area contributed by atoms with Crippen LogP contribution in [0.4, 0.5) is 8.78 Å². The second kappa shape index (κ2) is 8.92. The van der Waals surface area contributed by atoms with Gasteiger partial charge in [-0.1, -0.05) is 38.1 Å². The Morgan fingerprint density at radius 1 is 1.26 bits per heavy atom. The number of H-pyrrole nitrogens is 1. The van der Waals surface area contributed by atoms with Gasteiger partial charge in [0.15, 0.2) is 5.82 Å². The van der Waals surface area contributed by atoms with Gasteiger partial charge < -0.3 is 10.6 Å². The van der Waals surface area contributed by atoms with E-state index in [0.29, 0.717) is 22.5 Å². The molecule has 2 amide bonds. The van der Waals surface area contributed by atoms with Crippen LogP contribution in [0, 0.1) is 5.95 Å². The smallest absolute Gasteiger partial charge is 0.244 e. The van der Waals surface area contributed by atoms with Crippen LogP contribution >= 0.6 is 0 Å². The molecule has 3 heterocycles. The van der Waals surface area contributed by atoms with Crippen LogP contribution in [0.25, 0.3) is 11.4 Å². The summed E-state index contributed by atoms with van der Waals surface area (Å²) in [6, 6.07) is 10.2. The third-order valence-electron chi connectivity index (χ3n) is 6.40. The number of nitrogens with two attached hydrogens (primary N) is 1. The van der Waals surface area contributed by atoms with Gasteiger partial charge in [-0.25, -0.2) is 14.4 Å². The van der Waals surface area contributed by atoms with Crippen molar-refractivity contribution in [2.45, 2.75) is 50.7 Å². The van der Waals surface area contributed by atoms with Crippen LogP contribution in [0.5, 0.6) is 0 Å². The van der Waals surface area contributed by atoms with E-state index in [1.54, 1.807) is 36.4 Å². The van der Waals surface area contributed by atoms with E-state index in [2.05, 4.69) is 20.2 Å². The van der Waals surface area contributed by atoms with E-state index in [0.717, 1.165) is 4.90 Å². The molecule has 4 rings (SSSR count). The summed E-state index contributed by atoms with van der Waals surface area (Å²) in [5, 5.41) is 6.63. The number of halogens is 2. The number of aromatic amines is 1. The highest BCUT2D eigenvalue weighted by Gasteiger charge is 2.58. The lowest BCUT2D eigenvalue weighted by Gasteiger charge is -2.41. The first-order chi connectivity index (χ1) is 16.1. The molecule has 0 aliphatic carbocycles. The molecule has 1 aliphatic rings. The Kier molecular flexibility index (Phi) is 6.16. The Morgan fingerprint density at radius 2 is 2.03 bits per heavy atom.